The van der Waals surface area contributed by atoms with Gasteiger partial charge in [-0.15, -0.1) is 0 Å². The molecule has 0 unspecified atom stereocenters. The standard InChI is InChI=1S/C13H7BrF2N2/c14-11-3-2-10(6-12(11)16)18-13-4-1-9(15)5-8(13)7-17/h1-6,18H. The molecule has 2 aromatic carbocycles. The highest BCUT2D eigenvalue weighted by molar-refractivity contribution is 9.10. The molecule has 0 amide bonds. The van der Waals surface area contributed by atoms with Crippen molar-refractivity contribution < 1.29 is 8.78 Å². The maximum absolute atomic E-state index is 13.3. The van der Waals surface area contributed by atoms with Gasteiger partial charge in [-0.25, -0.2) is 8.78 Å². The van der Waals surface area contributed by atoms with Crippen molar-refractivity contribution in [3.05, 3.63) is 58.1 Å². The third-order valence-corrected chi connectivity index (χ3v) is 2.94. The van der Waals surface area contributed by atoms with Crippen molar-refractivity contribution in [2.45, 2.75) is 0 Å². The molecule has 0 radical (unpaired) electrons. The Morgan fingerprint density at radius 1 is 1.11 bits per heavy atom. The second kappa shape index (κ2) is 5.15. The average Bonchev–Trinajstić information content (AvgIpc) is 2.36. The summed E-state index contributed by atoms with van der Waals surface area (Å²) in [6.45, 7) is 0. The van der Waals surface area contributed by atoms with Gasteiger partial charge in [0.05, 0.1) is 15.7 Å². The lowest BCUT2D eigenvalue weighted by Crippen LogP contribution is -1.95. The molecule has 0 heterocycles. The van der Waals surface area contributed by atoms with E-state index in [2.05, 4.69) is 21.2 Å². The Morgan fingerprint density at radius 3 is 2.56 bits per heavy atom. The Kier molecular flexibility index (Phi) is 3.58. The van der Waals surface area contributed by atoms with Crippen molar-refractivity contribution in [2.24, 2.45) is 0 Å². The first-order valence-electron chi connectivity index (χ1n) is 5.02. The molecule has 0 atom stereocenters. The highest BCUT2D eigenvalue weighted by Gasteiger charge is 2.05. The van der Waals surface area contributed by atoms with Gasteiger partial charge in [-0.1, -0.05) is 0 Å². The van der Waals surface area contributed by atoms with E-state index in [-0.39, 0.29) is 5.56 Å². The minimum absolute atomic E-state index is 0.165. The molecule has 90 valence electrons. The van der Waals surface area contributed by atoms with Crippen molar-refractivity contribution in [3.8, 4) is 6.07 Å². The van der Waals surface area contributed by atoms with Crippen LogP contribution in [0, 0.1) is 23.0 Å². The molecule has 0 aliphatic rings. The van der Waals surface area contributed by atoms with Crippen LogP contribution in [0.2, 0.25) is 0 Å². The molecule has 0 aromatic heterocycles. The number of hydrogen-bond donors (Lipinski definition) is 1. The monoisotopic (exact) mass is 308 g/mol. The maximum Gasteiger partial charge on any atom is 0.139 e. The molecule has 0 saturated carbocycles. The zero-order valence-electron chi connectivity index (χ0n) is 9.05. The third-order valence-electron chi connectivity index (χ3n) is 2.30. The van der Waals surface area contributed by atoms with E-state index >= 15 is 0 Å². The largest absolute Gasteiger partial charge is 0.354 e. The van der Waals surface area contributed by atoms with Gasteiger partial charge < -0.3 is 5.32 Å². The van der Waals surface area contributed by atoms with E-state index in [0.29, 0.717) is 15.8 Å². The van der Waals surface area contributed by atoms with Crippen LogP contribution in [0.15, 0.2) is 40.9 Å². The van der Waals surface area contributed by atoms with E-state index in [0.717, 1.165) is 6.07 Å². The van der Waals surface area contributed by atoms with Crippen LogP contribution < -0.4 is 5.32 Å². The molecule has 0 aliphatic heterocycles. The Bertz CT molecular complexity index is 635. The number of nitrogens with one attached hydrogen (secondary N) is 1. The van der Waals surface area contributed by atoms with E-state index in [9.17, 15) is 8.78 Å². The van der Waals surface area contributed by atoms with Crippen molar-refractivity contribution in [1.82, 2.24) is 0 Å². The fraction of sp³-hybridized carbons (Fsp3) is 0. The van der Waals surface area contributed by atoms with Gasteiger partial charge >= 0.3 is 0 Å². The van der Waals surface area contributed by atoms with Crippen molar-refractivity contribution in [2.75, 3.05) is 5.32 Å². The van der Waals surface area contributed by atoms with E-state index < -0.39 is 11.6 Å². The Labute approximate surface area is 111 Å². The second-order valence-electron chi connectivity index (χ2n) is 3.56. The number of anilines is 2. The fourth-order valence-electron chi connectivity index (χ4n) is 1.45. The molecule has 2 nitrogen and oxygen atoms in total. The van der Waals surface area contributed by atoms with Gasteiger partial charge in [-0.3, -0.25) is 0 Å². The lowest BCUT2D eigenvalue weighted by atomic mass is 10.2. The molecule has 1 N–H and O–H groups in total. The molecule has 2 aromatic rings. The van der Waals surface area contributed by atoms with E-state index in [1.165, 1.54) is 18.2 Å². The lowest BCUT2D eigenvalue weighted by Gasteiger charge is -2.08. The summed E-state index contributed by atoms with van der Waals surface area (Å²) in [4.78, 5) is 0. The van der Waals surface area contributed by atoms with Crippen molar-refractivity contribution in [1.29, 1.82) is 5.26 Å². The molecular weight excluding hydrogens is 302 g/mol. The van der Waals surface area contributed by atoms with Crippen molar-refractivity contribution >= 4 is 27.3 Å². The first kappa shape index (κ1) is 12.5. The number of nitriles is 1. The molecule has 0 saturated heterocycles. The van der Waals surface area contributed by atoms with Gasteiger partial charge in [0.15, 0.2) is 0 Å². The van der Waals surface area contributed by atoms with Crippen LogP contribution in [0.5, 0.6) is 0 Å². The first-order chi connectivity index (χ1) is 8.60. The summed E-state index contributed by atoms with van der Waals surface area (Å²) < 4.78 is 26.6. The van der Waals surface area contributed by atoms with Gasteiger partial charge in [0.2, 0.25) is 0 Å². The van der Waals surface area contributed by atoms with Gasteiger partial charge in [-0.2, -0.15) is 5.26 Å². The summed E-state index contributed by atoms with van der Waals surface area (Å²) >= 11 is 3.05. The minimum Gasteiger partial charge on any atom is -0.354 e. The highest BCUT2D eigenvalue weighted by Crippen LogP contribution is 2.24. The highest BCUT2D eigenvalue weighted by atomic mass is 79.9. The number of nitrogens with zero attached hydrogens (tertiary/aromatic N) is 1. The fourth-order valence-corrected chi connectivity index (χ4v) is 1.69. The normalized spacial score (nSPS) is 9.89. The van der Waals surface area contributed by atoms with Gasteiger partial charge in [0.25, 0.3) is 0 Å². The predicted octanol–water partition coefficient (Wildman–Crippen LogP) is 4.34. The Balaban J connectivity index is 2.34. The molecule has 0 spiro atoms. The van der Waals surface area contributed by atoms with Crippen molar-refractivity contribution in [3.63, 3.8) is 0 Å². The summed E-state index contributed by atoms with van der Waals surface area (Å²) in [5, 5.41) is 11.8. The summed E-state index contributed by atoms with van der Waals surface area (Å²) in [6, 6.07) is 10.2. The van der Waals surface area contributed by atoms with Gasteiger partial charge in [0.1, 0.15) is 17.7 Å². The predicted molar refractivity (Wildman–Crippen MR) is 68.5 cm³/mol. The Hall–Kier alpha value is -1.93. The minimum atomic E-state index is -0.487. The summed E-state index contributed by atoms with van der Waals surface area (Å²) in [5.74, 6) is -0.903. The zero-order chi connectivity index (χ0) is 13.1. The van der Waals surface area contributed by atoms with E-state index in [1.54, 1.807) is 12.1 Å². The van der Waals surface area contributed by atoms with Crippen LogP contribution in [0.4, 0.5) is 20.2 Å². The van der Waals surface area contributed by atoms with Gasteiger partial charge in [-0.05, 0) is 52.3 Å². The number of rotatable bonds is 2. The lowest BCUT2D eigenvalue weighted by molar-refractivity contribution is 0.621. The Morgan fingerprint density at radius 2 is 1.89 bits per heavy atom. The number of benzene rings is 2. The first-order valence-corrected chi connectivity index (χ1v) is 5.81. The quantitative estimate of drug-likeness (QED) is 0.895. The summed E-state index contributed by atoms with van der Waals surface area (Å²) in [7, 11) is 0. The summed E-state index contributed by atoms with van der Waals surface area (Å²) in [6.07, 6.45) is 0. The van der Waals surface area contributed by atoms with Crippen LogP contribution >= 0.6 is 15.9 Å². The molecule has 18 heavy (non-hydrogen) atoms. The van der Waals surface area contributed by atoms with Crippen LogP contribution in [0.1, 0.15) is 5.56 Å². The summed E-state index contributed by atoms with van der Waals surface area (Å²) in [5.41, 5.74) is 1.08. The third kappa shape index (κ3) is 2.66. The number of halogens is 3. The zero-order valence-corrected chi connectivity index (χ0v) is 10.6. The maximum atomic E-state index is 13.3. The molecule has 5 heteroatoms. The van der Waals surface area contributed by atoms with Crippen LogP contribution in [0.3, 0.4) is 0 Å². The molecular formula is C13H7BrF2N2. The van der Waals surface area contributed by atoms with Crippen LogP contribution in [0.25, 0.3) is 0 Å². The van der Waals surface area contributed by atoms with Gasteiger partial charge in [0, 0.05) is 5.69 Å². The topological polar surface area (TPSA) is 35.8 Å². The molecule has 0 fully saturated rings. The van der Waals surface area contributed by atoms with Crippen LogP contribution in [-0.4, -0.2) is 0 Å². The SMILES string of the molecule is N#Cc1cc(F)ccc1Nc1ccc(Br)c(F)c1. The average molecular weight is 309 g/mol. The molecule has 2 rings (SSSR count). The van der Waals surface area contributed by atoms with E-state index in [1.807, 2.05) is 6.07 Å². The second-order valence-corrected chi connectivity index (χ2v) is 4.41. The molecule has 0 aliphatic carbocycles. The molecule has 0 bridgehead atoms. The smallest absolute Gasteiger partial charge is 0.139 e. The van der Waals surface area contributed by atoms with E-state index in [4.69, 9.17) is 5.26 Å². The number of hydrogen-bond acceptors (Lipinski definition) is 2. The van der Waals surface area contributed by atoms with Crippen LogP contribution in [-0.2, 0) is 0 Å².